The number of carbonyl (C=O) groups excluding carboxylic acids is 1. The number of carbonyl (C=O) groups is 1. The second kappa shape index (κ2) is 7.18. The highest BCUT2D eigenvalue weighted by Crippen LogP contribution is 2.30. The van der Waals surface area contributed by atoms with Gasteiger partial charge in [-0.2, -0.15) is 0 Å². The molecular weight excluding hydrogens is 290 g/mol. The van der Waals surface area contributed by atoms with Crippen LogP contribution in [0.4, 0.5) is 0 Å². The van der Waals surface area contributed by atoms with Gasteiger partial charge in [-0.25, -0.2) is 0 Å². The van der Waals surface area contributed by atoms with Crippen molar-refractivity contribution >= 4 is 5.91 Å². The van der Waals surface area contributed by atoms with Crippen LogP contribution >= 0.6 is 0 Å². The smallest absolute Gasteiger partial charge is 0.227 e. The lowest BCUT2D eigenvalue weighted by Crippen LogP contribution is -2.28. The standard InChI is InChI=1S/C19H21NO3/c1-2-16(15-6-4-3-5-7-15)19(21)20-13-14-8-9-17-18(12-14)23-11-10-22-17/h3-9,12,16H,2,10-11,13H2,1H3,(H,20,21)/t16-/m1/s1. The van der Waals surface area contributed by atoms with Gasteiger partial charge < -0.3 is 14.8 Å². The number of hydrogen-bond acceptors (Lipinski definition) is 3. The fourth-order valence-corrected chi connectivity index (χ4v) is 2.77. The fourth-order valence-electron chi connectivity index (χ4n) is 2.77. The first kappa shape index (κ1) is 15.4. The van der Waals surface area contributed by atoms with E-state index < -0.39 is 0 Å². The first-order valence-electron chi connectivity index (χ1n) is 7.99. The van der Waals surface area contributed by atoms with Gasteiger partial charge in [-0.05, 0) is 29.7 Å². The Bertz CT molecular complexity index is 670. The lowest BCUT2D eigenvalue weighted by molar-refractivity contribution is -0.122. The third kappa shape index (κ3) is 3.65. The summed E-state index contributed by atoms with van der Waals surface area (Å²) in [6, 6.07) is 15.7. The predicted molar refractivity (Wildman–Crippen MR) is 88.8 cm³/mol. The summed E-state index contributed by atoms with van der Waals surface area (Å²) in [5.41, 5.74) is 2.06. The largest absolute Gasteiger partial charge is 0.486 e. The van der Waals surface area contributed by atoms with Gasteiger partial charge in [0.1, 0.15) is 13.2 Å². The molecule has 0 radical (unpaired) electrons. The van der Waals surface area contributed by atoms with Crippen molar-refractivity contribution in [3.05, 3.63) is 59.7 Å². The monoisotopic (exact) mass is 311 g/mol. The molecule has 1 amide bonds. The Hall–Kier alpha value is -2.49. The Balaban J connectivity index is 1.64. The van der Waals surface area contributed by atoms with Crippen molar-refractivity contribution in [2.24, 2.45) is 0 Å². The molecule has 0 spiro atoms. The zero-order valence-electron chi connectivity index (χ0n) is 13.2. The molecule has 1 aliphatic rings. The third-order valence-electron chi connectivity index (χ3n) is 4.00. The van der Waals surface area contributed by atoms with E-state index in [1.165, 1.54) is 0 Å². The summed E-state index contributed by atoms with van der Waals surface area (Å²) in [5, 5.41) is 3.02. The van der Waals surface area contributed by atoms with E-state index in [1.54, 1.807) is 0 Å². The predicted octanol–water partition coefficient (Wildman–Crippen LogP) is 3.27. The fraction of sp³-hybridized carbons (Fsp3) is 0.316. The lowest BCUT2D eigenvalue weighted by Gasteiger charge is -2.19. The second-order valence-corrected chi connectivity index (χ2v) is 5.57. The Morgan fingerprint density at radius 1 is 1.09 bits per heavy atom. The highest BCUT2D eigenvalue weighted by atomic mass is 16.6. The maximum absolute atomic E-state index is 12.5. The molecule has 2 aromatic rings. The van der Waals surface area contributed by atoms with Crippen LogP contribution in [0.2, 0.25) is 0 Å². The molecule has 3 rings (SSSR count). The molecule has 0 unspecified atom stereocenters. The van der Waals surface area contributed by atoms with Crippen molar-refractivity contribution in [3.8, 4) is 11.5 Å². The number of rotatable bonds is 5. The summed E-state index contributed by atoms with van der Waals surface area (Å²) in [7, 11) is 0. The van der Waals surface area contributed by atoms with Crippen molar-refractivity contribution < 1.29 is 14.3 Å². The average molecular weight is 311 g/mol. The topological polar surface area (TPSA) is 47.6 Å². The van der Waals surface area contributed by atoms with E-state index in [1.807, 2.05) is 55.5 Å². The van der Waals surface area contributed by atoms with Gasteiger partial charge in [-0.1, -0.05) is 43.3 Å². The Morgan fingerprint density at radius 2 is 1.83 bits per heavy atom. The van der Waals surface area contributed by atoms with Gasteiger partial charge in [-0.15, -0.1) is 0 Å². The van der Waals surface area contributed by atoms with Crippen molar-refractivity contribution in [2.45, 2.75) is 25.8 Å². The van der Waals surface area contributed by atoms with Crippen LogP contribution in [0.5, 0.6) is 11.5 Å². The molecule has 1 N–H and O–H groups in total. The van der Waals surface area contributed by atoms with E-state index in [4.69, 9.17) is 9.47 Å². The van der Waals surface area contributed by atoms with Crippen molar-refractivity contribution in [1.82, 2.24) is 5.32 Å². The molecule has 0 saturated heterocycles. The van der Waals surface area contributed by atoms with Crippen molar-refractivity contribution in [3.63, 3.8) is 0 Å². The van der Waals surface area contributed by atoms with Gasteiger partial charge in [0.2, 0.25) is 5.91 Å². The van der Waals surface area contributed by atoms with Gasteiger partial charge in [0.05, 0.1) is 5.92 Å². The quantitative estimate of drug-likeness (QED) is 0.922. The molecule has 0 fully saturated rings. The summed E-state index contributed by atoms with van der Waals surface area (Å²) in [4.78, 5) is 12.5. The highest BCUT2D eigenvalue weighted by Gasteiger charge is 2.18. The second-order valence-electron chi connectivity index (χ2n) is 5.57. The van der Waals surface area contributed by atoms with Gasteiger partial charge in [0.25, 0.3) is 0 Å². The molecule has 1 aliphatic heterocycles. The average Bonchev–Trinajstić information content (AvgIpc) is 2.61. The van der Waals surface area contributed by atoms with Crippen LogP contribution in [-0.4, -0.2) is 19.1 Å². The van der Waals surface area contributed by atoms with Gasteiger partial charge in [-0.3, -0.25) is 4.79 Å². The van der Waals surface area contributed by atoms with Crippen molar-refractivity contribution in [1.29, 1.82) is 0 Å². The number of benzene rings is 2. The summed E-state index contributed by atoms with van der Waals surface area (Å²) in [6.45, 7) is 3.66. The van der Waals surface area contributed by atoms with Crippen LogP contribution in [-0.2, 0) is 11.3 Å². The normalized spacial score (nSPS) is 14.1. The third-order valence-corrected chi connectivity index (χ3v) is 4.00. The molecule has 120 valence electrons. The van der Waals surface area contributed by atoms with Gasteiger partial charge >= 0.3 is 0 Å². The molecule has 1 heterocycles. The maximum atomic E-state index is 12.5. The van der Waals surface area contributed by atoms with Crippen LogP contribution in [0.3, 0.4) is 0 Å². The van der Waals surface area contributed by atoms with Crippen LogP contribution in [0, 0.1) is 0 Å². The highest BCUT2D eigenvalue weighted by molar-refractivity contribution is 5.83. The Labute approximate surface area is 136 Å². The summed E-state index contributed by atoms with van der Waals surface area (Å²) in [5.74, 6) is 1.45. The molecule has 4 heteroatoms. The molecular formula is C19H21NO3. The van der Waals surface area contributed by atoms with Crippen LogP contribution in [0.25, 0.3) is 0 Å². The van der Waals surface area contributed by atoms with Gasteiger partial charge in [0.15, 0.2) is 11.5 Å². The maximum Gasteiger partial charge on any atom is 0.227 e. The molecule has 4 nitrogen and oxygen atoms in total. The number of ether oxygens (including phenoxy) is 2. The van der Waals surface area contributed by atoms with E-state index >= 15 is 0 Å². The van der Waals surface area contributed by atoms with Crippen molar-refractivity contribution in [2.75, 3.05) is 13.2 Å². The van der Waals surface area contributed by atoms with Crippen LogP contribution in [0.15, 0.2) is 48.5 Å². The van der Waals surface area contributed by atoms with E-state index in [9.17, 15) is 4.79 Å². The minimum absolute atomic E-state index is 0.0496. The SMILES string of the molecule is CC[C@@H](C(=O)NCc1ccc2c(c1)OCCO2)c1ccccc1. The minimum atomic E-state index is -0.117. The summed E-state index contributed by atoms with van der Waals surface area (Å²) < 4.78 is 11.1. The Morgan fingerprint density at radius 3 is 2.57 bits per heavy atom. The Kier molecular flexibility index (Phi) is 4.81. The molecule has 0 aromatic heterocycles. The molecule has 2 aromatic carbocycles. The molecule has 0 saturated carbocycles. The number of fused-ring (bicyclic) bond motifs is 1. The van der Waals surface area contributed by atoms with E-state index in [0.717, 1.165) is 29.0 Å². The molecule has 0 aliphatic carbocycles. The minimum Gasteiger partial charge on any atom is -0.486 e. The first-order chi connectivity index (χ1) is 11.3. The van der Waals surface area contributed by atoms with Crippen LogP contribution < -0.4 is 14.8 Å². The zero-order valence-corrected chi connectivity index (χ0v) is 13.2. The van der Waals surface area contributed by atoms with Crippen LogP contribution in [0.1, 0.15) is 30.4 Å². The van der Waals surface area contributed by atoms with E-state index in [0.29, 0.717) is 19.8 Å². The number of amides is 1. The summed E-state index contributed by atoms with van der Waals surface area (Å²) >= 11 is 0. The number of hydrogen-bond donors (Lipinski definition) is 1. The van der Waals surface area contributed by atoms with E-state index in [-0.39, 0.29) is 11.8 Å². The van der Waals surface area contributed by atoms with E-state index in [2.05, 4.69) is 5.32 Å². The molecule has 0 bridgehead atoms. The molecule has 23 heavy (non-hydrogen) atoms. The lowest BCUT2D eigenvalue weighted by atomic mass is 9.95. The molecule has 1 atom stereocenters. The van der Waals surface area contributed by atoms with Gasteiger partial charge in [0, 0.05) is 6.54 Å². The number of nitrogens with one attached hydrogen (secondary N) is 1. The summed E-state index contributed by atoms with van der Waals surface area (Å²) in [6.07, 6.45) is 0.775. The first-order valence-corrected chi connectivity index (χ1v) is 7.99. The zero-order chi connectivity index (χ0) is 16.1.